The highest BCUT2D eigenvalue weighted by Gasteiger charge is 2.17. The Morgan fingerprint density at radius 1 is 1.06 bits per heavy atom. The summed E-state index contributed by atoms with van der Waals surface area (Å²) in [6, 6.07) is 0. The lowest BCUT2D eigenvalue weighted by molar-refractivity contribution is -0.00107. The molecule has 1 saturated heterocycles. The van der Waals surface area contributed by atoms with E-state index in [1.807, 2.05) is 13.8 Å². The number of nitrogens with zero attached hydrogens (tertiary/aromatic N) is 2. The topological polar surface area (TPSA) is 53.8 Å². The molecule has 31 heavy (non-hydrogen) atoms. The van der Waals surface area contributed by atoms with E-state index in [4.69, 9.17) is 4.74 Å². The molecule has 0 aromatic rings. The monoisotopic (exact) mass is 444 g/mol. The van der Waals surface area contributed by atoms with Crippen molar-refractivity contribution >= 4 is 0 Å². The Hall–Kier alpha value is -0.200. The fraction of sp³-hybridized carbons (Fsp3) is 1.00. The Kier molecular flexibility index (Phi) is 26.0. The number of hydrogen-bond acceptors (Lipinski definition) is 5. The Bertz CT molecular complexity index is 327. The summed E-state index contributed by atoms with van der Waals surface area (Å²) in [7, 11) is 3.70. The molecule has 3 N–H and O–H groups in total. The summed E-state index contributed by atoms with van der Waals surface area (Å²) in [5.74, 6) is 1.71. The Labute approximate surface area is 196 Å². The summed E-state index contributed by atoms with van der Waals surface area (Å²) < 4.78 is 5.71. The molecule has 0 radical (unpaired) electrons. The van der Waals surface area contributed by atoms with Gasteiger partial charge in [-0.3, -0.25) is 0 Å². The predicted molar refractivity (Wildman–Crippen MR) is 140 cm³/mol. The summed E-state index contributed by atoms with van der Waals surface area (Å²) in [4.78, 5) is 4.95. The van der Waals surface area contributed by atoms with Crippen molar-refractivity contribution in [3.8, 4) is 0 Å². The highest BCUT2D eigenvalue weighted by Crippen LogP contribution is 2.21. The third-order valence-corrected chi connectivity index (χ3v) is 5.78. The zero-order chi connectivity index (χ0) is 23.9. The zero-order valence-electron chi connectivity index (χ0n) is 22.7. The molecular formula is C26H60N4O. The predicted octanol–water partition coefficient (Wildman–Crippen LogP) is 4.85. The van der Waals surface area contributed by atoms with Crippen molar-refractivity contribution < 1.29 is 4.74 Å². The molecular weight excluding hydrogens is 384 g/mol. The summed E-state index contributed by atoms with van der Waals surface area (Å²) in [5, 5.41) is 3.52. The molecule has 5 heteroatoms. The number of hydrogen-bond donors (Lipinski definition) is 2. The van der Waals surface area contributed by atoms with E-state index in [1.54, 1.807) is 0 Å². The van der Waals surface area contributed by atoms with Gasteiger partial charge in [0.05, 0.1) is 6.10 Å². The van der Waals surface area contributed by atoms with E-state index in [0.717, 1.165) is 18.4 Å². The lowest BCUT2D eigenvalue weighted by Crippen LogP contribution is -2.37. The number of nitrogens with two attached hydrogens (primary N) is 1. The van der Waals surface area contributed by atoms with Crippen molar-refractivity contribution in [2.45, 2.75) is 92.6 Å². The van der Waals surface area contributed by atoms with Crippen molar-refractivity contribution in [1.29, 1.82) is 0 Å². The maximum absolute atomic E-state index is 5.71. The average molecular weight is 445 g/mol. The number of rotatable bonds is 12. The van der Waals surface area contributed by atoms with Gasteiger partial charge in [0.1, 0.15) is 0 Å². The van der Waals surface area contributed by atoms with Crippen LogP contribution < -0.4 is 11.1 Å². The van der Waals surface area contributed by atoms with Crippen LogP contribution >= 0.6 is 0 Å². The second-order valence-corrected chi connectivity index (χ2v) is 9.02. The average Bonchev–Trinajstić information content (AvgIpc) is 2.76. The molecule has 2 rings (SSSR count). The first kappa shape index (κ1) is 33.0. The number of piperidine rings is 1. The Morgan fingerprint density at radius 3 is 2.13 bits per heavy atom. The van der Waals surface area contributed by atoms with E-state index < -0.39 is 0 Å². The van der Waals surface area contributed by atoms with Crippen molar-refractivity contribution in [1.82, 2.24) is 15.1 Å². The molecule has 0 spiro atoms. The van der Waals surface area contributed by atoms with E-state index in [1.165, 1.54) is 97.8 Å². The van der Waals surface area contributed by atoms with Crippen molar-refractivity contribution in [3.63, 3.8) is 0 Å². The van der Waals surface area contributed by atoms with Crippen LogP contribution in [0.3, 0.4) is 0 Å². The van der Waals surface area contributed by atoms with Gasteiger partial charge >= 0.3 is 0 Å². The minimum atomic E-state index is 0.602. The fourth-order valence-electron chi connectivity index (χ4n) is 3.83. The number of ether oxygens (including phenoxy) is 1. The number of likely N-dealkylation sites (tertiary alicyclic amines) is 1. The molecule has 190 valence electrons. The second kappa shape index (κ2) is 24.4. The van der Waals surface area contributed by atoms with Gasteiger partial charge in [-0.05, 0) is 104 Å². The molecule has 0 bridgehead atoms. The largest absolute Gasteiger partial charge is 0.378 e. The van der Waals surface area contributed by atoms with Crippen LogP contribution in [-0.2, 0) is 4.74 Å². The first-order valence-electron chi connectivity index (χ1n) is 13.4. The van der Waals surface area contributed by atoms with Crippen LogP contribution in [0.25, 0.3) is 0 Å². The Morgan fingerprint density at radius 2 is 1.68 bits per heavy atom. The molecule has 1 saturated carbocycles. The van der Waals surface area contributed by atoms with Crippen LogP contribution in [-0.4, -0.2) is 82.4 Å². The molecule has 0 aromatic heterocycles. The van der Waals surface area contributed by atoms with E-state index in [-0.39, 0.29) is 0 Å². The first-order valence-corrected chi connectivity index (χ1v) is 13.4. The van der Waals surface area contributed by atoms with Crippen LogP contribution in [0.2, 0.25) is 0 Å². The fourth-order valence-corrected chi connectivity index (χ4v) is 3.83. The summed E-state index contributed by atoms with van der Waals surface area (Å²) in [5.41, 5.74) is 4.50. The van der Waals surface area contributed by atoms with Gasteiger partial charge in [0.15, 0.2) is 0 Å². The van der Waals surface area contributed by atoms with E-state index in [9.17, 15) is 0 Å². The standard InChI is InChI=1S/C12H25NO.C11H24N2.C2H6.CH5N/c1-11(2)10-13(3)8-5-9-14-12-6-4-7-12;1-3-7-12-10-11-5-8-13(4-2)9-6-11;2*1-2/h11-12H,4-10H2,1-3H3;11-12H,3-10H2,1-2H3;1-2H3;2H2,1H3. The maximum atomic E-state index is 5.71. The molecule has 0 amide bonds. The summed E-state index contributed by atoms with van der Waals surface area (Å²) >= 11 is 0. The van der Waals surface area contributed by atoms with Gasteiger partial charge in [0, 0.05) is 19.7 Å². The highest BCUT2D eigenvalue weighted by molar-refractivity contribution is 4.73. The summed E-state index contributed by atoms with van der Waals surface area (Å²) in [6.45, 7) is 22.6. The molecule has 1 aliphatic carbocycles. The van der Waals surface area contributed by atoms with Gasteiger partial charge in [-0.25, -0.2) is 0 Å². The van der Waals surface area contributed by atoms with Crippen molar-refractivity contribution in [2.24, 2.45) is 17.6 Å². The van der Waals surface area contributed by atoms with Crippen molar-refractivity contribution in [3.05, 3.63) is 0 Å². The van der Waals surface area contributed by atoms with Gasteiger partial charge in [0.2, 0.25) is 0 Å². The van der Waals surface area contributed by atoms with E-state index >= 15 is 0 Å². The zero-order valence-corrected chi connectivity index (χ0v) is 22.7. The SMILES string of the molecule is CC.CC(C)CN(C)CCCOC1CCC1.CCCNCC1CCN(CC)CC1.CN. The van der Waals surface area contributed by atoms with Crippen LogP contribution in [0.15, 0.2) is 0 Å². The number of nitrogens with one attached hydrogen (secondary N) is 1. The van der Waals surface area contributed by atoms with E-state index in [2.05, 4.69) is 55.6 Å². The van der Waals surface area contributed by atoms with Gasteiger partial charge in [-0.1, -0.05) is 41.5 Å². The maximum Gasteiger partial charge on any atom is 0.0575 e. The molecule has 0 unspecified atom stereocenters. The van der Waals surface area contributed by atoms with Gasteiger partial charge in [-0.15, -0.1) is 0 Å². The first-order chi connectivity index (χ1) is 15.0. The van der Waals surface area contributed by atoms with Gasteiger partial charge in [-0.2, -0.15) is 0 Å². The third kappa shape index (κ3) is 20.2. The lowest BCUT2D eigenvalue weighted by atomic mass is 9.96. The molecule has 0 aromatic carbocycles. The smallest absolute Gasteiger partial charge is 0.0575 e. The molecule has 1 heterocycles. The molecule has 2 aliphatic rings. The van der Waals surface area contributed by atoms with E-state index in [0.29, 0.717) is 6.10 Å². The lowest BCUT2D eigenvalue weighted by Gasteiger charge is -2.31. The third-order valence-electron chi connectivity index (χ3n) is 5.78. The highest BCUT2D eigenvalue weighted by atomic mass is 16.5. The van der Waals surface area contributed by atoms with Crippen molar-refractivity contribution in [2.75, 3.05) is 66.5 Å². The molecule has 1 aliphatic heterocycles. The van der Waals surface area contributed by atoms with Crippen LogP contribution in [0, 0.1) is 11.8 Å². The quantitative estimate of drug-likeness (QED) is 0.421. The van der Waals surface area contributed by atoms with Crippen LogP contribution in [0.5, 0.6) is 0 Å². The minimum absolute atomic E-state index is 0.602. The summed E-state index contributed by atoms with van der Waals surface area (Å²) in [6.07, 6.45) is 9.79. The van der Waals surface area contributed by atoms with Gasteiger partial charge < -0.3 is 25.6 Å². The molecule has 2 fully saturated rings. The second-order valence-electron chi connectivity index (χ2n) is 9.02. The van der Waals surface area contributed by atoms with Crippen LogP contribution in [0.1, 0.15) is 86.5 Å². The van der Waals surface area contributed by atoms with Gasteiger partial charge in [0.25, 0.3) is 0 Å². The minimum Gasteiger partial charge on any atom is -0.378 e. The Balaban J connectivity index is 0. The van der Waals surface area contributed by atoms with Crippen LogP contribution in [0.4, 0.5) is 0 Å². The molecule has 5 nitrogen and oxygen atoms in total. The molecule has 0 atom stereocenters. The normalized spacial score (nSPS) is 17.1.